The normalized spacial score (nSPS) is 11.4. The first-order valence-electron chi connectivity index (χ1n) is 8.72. The molecule has 4 nitrogen and oxygen atoms in total. The minimum absolute atomic E-state index is 0.159. The number of benzene rings is 3. The van der Waals surface area contributed by atoms with Crippen molar-refractivity contribution < 1.29 is 14.6 Å². The maximum absolute atomic E-state index is 12.4. The Labute approximate surface area is 158 Å². The number of rotatable bonds is 6. The Hall–Kier alpha value is -3.40. The van der Waals surface area contributed by atoms with Crippen molar-refractivity contribution in [1.82, 2.24) is 0 Å². The maximum Gasteiger partial charge on any atom is 0.330 e. The van der Waals surface area contributed by atoms with Crippen molar-refractivity contribution in [2.24, 2.45) is 4.99 Å². The quantitative estimate of drug-likeness (QED) is 0.534. The van der Waals surface area contributed by atoms with E-state index in [1.807, 2.05) is 66.7 Å². The fourth-order valence-corrected chi connectivity index (χ4v) is 2.89. The summed E-state index contributed by atoms with van der Waals surface area (Å²) in [4.78, 5) is 17.2. The van der Waals surface area contributed by atoms with Gasteiger partial charge in [-0.15, -0.1) is 0 Å². The fraction of sp³-hybridized carbons (Fsp3) is 0.130. The number of ether oxygens (including phenoxy) is 1. The predicted octanol–water partition coefficient (Wildman–Crippen LogP) is 4.01. The Bertz CT molecular complexity index is 879. The molecule has 0 unspecified atom stereocenters. The molecule has 3 aromatic rings. The van der Waals surface area contributed by atoms with Crippen LogP contribution in [-0.4, -0.2) is 29.9 Å². The lowest BCUT2D eigenvalue weighted by Gasteiger charge is -2.15. The molecular formula is C23H21NO3. The molecule has 4 heteroatoms. The lowest BCUT2D eigenvalue weighted by Crippen LogP contribution is -2.25. The number of phenols is 1. The monoisotopic (exact) mass is 359 g/mol. The average Bonchev–Trinajstić information content (AvgIpc) is 2.72. The van der Waals surface area contributed by atoms with Crippen molar-refractivity contribution in [1.29, 1.82) is 0 Å². The number of carbonyl (C=O) groups excluding carboxylic acids is 1. The van der Waals surface area contributed by atoms with Crippen LogP contribution in [0.2, 0.25) is 0 Å². The largest absolute Gasteiger partial charge is 0.508 e. The van der Waals surface area contributed by atoms with Crippen molar-refractivity contribution in [2.75, 3.05) is 7.11 Å². The molecule has 0 aliphatic carbocycles. The summed E-state index contributed by atoms with van der Waals surface area (Å²) in [5.41, 5.74) is 3.39. The van der Waals surface area contributed by atoms with Gasteiger partial charge in [-0.1, -0.05) is 72.8 Å². The number of aromatic hydroxyl groups is 1. The number of carbonyl (C=O) groups is 1. The molecule has 0 saturated heterocycles. The maximum atomic E-state index is 12.4. The van der Waals surface area contributed by atoms with E-state index >= 15 is 0 Å². The predicted molar refractivity (Wildman–Crippen MR) is 106 cm³/mol. The second-order valence-corrected chi connectivity index (χ2v) is 6.12. The number of nitrogens with zero attached hydrogens (tertiary/aromatic N) is 1. The molecular weight excluding hydrogens is 338 g/mol. The van der Waals surface area contributed by atoms with Gasteiger partial charge in [-0.2, -0.15) is 0 Å². The Morgan fingerprint density at radius 1 is 0.926 bits per heavy atom. The first-order chi connectivity index (χ1) is 13.2. The summed E-state index contributed by atoms with van der Waals surface area (Å²) in [5.74, 6) is -0.255. The number of aliphatic imine (C=N–C) groups is 1. The third-order valence-electron chi connectivity index (χ3n) is 4.19. The first kappa shape index (κ1) is 18.4. The zero-order chi connectivity index (χ0) is 19.1. The standard InChI is InChI=1S/C23H21NO3/c1-27-23(26)21(16-17-9-8-14-20(25)15-17)24-22(18-10-4-2-5-11-18)19-12-6-3-7-13-19/h2-15,21,25H,16H2,1H3/t21-/m1/s1. The molecule has 0 aliphatic heterocycles. The molecule has 1 atom stereocenters. The van der Waals surface area contributed by atoms with Gasteiger partial charge >= 0.3 is 5.97 Å². The van der Waals surface area contributed by atoms with Crippen molar-refractivity contribution >= 4 is 11.7 Å². The molecule has 3 aromatic carbocycles. The number of phenolic OH excluding ortho intramolecular Hbond substituents is 1. The molecule has 0 saturated carbocycles. The van der Waals surface area contributed by atoms with E-state index in [0.29, 0.717) is 6.42 Å². The van der Waals surface area contributed by atoms with E-state index in [2.05, 4.69) is 0 Å². The molecule has 0 amide bonds. The summed E-state index contributed by atoms with van der Waals surface area (Å²) >= 11 is 0. The number of hydrogen-bond donors (Lipinski definition) is 1. The van der Waals surface area contributed by atoms with E-state index in [4.69, 9.17) is 9.73 Å². The van der Waals surface area contributed by atoms with Gasteiger partial charge in [0.25, 0.3) is 0 Å². The molecule has 1 N–H and O–H groups in total. The van der Waals surface area contributed by atoms with E-state index in [0.717, 1.165) is 22.4 Å². The van der Waals surface area contributed by atoms with E-state index in [-0.39, 0.29) is 5.75 Å². The minimum atomic E-state index is -0.716. The minimum Gasteiger partial charge on any atom is -0.508 e. The average molecular weight is 359 g/mol. The van der Waals surface area contributed by atoms with Crippen LogP contribution in [0.25, 0.3) is 0 Å². The fourth-order valence-electron chi connectivity index (χ4n) is 2.89. The van der Waals surface area contributed by atoms with Crippen LogP contribution in [0.4, 0.5) is 0 Å². The highest BCUT2D eigenvalue weighted by atomic mass is 16.5. The van der Waals surface area contributed by atoms with Crippen LogP contribution < -0.4 is 0 Å². The summed E-state index contributed by atoms with van der Waals surface area (Å²) in [7, 11) is 1.36. The highest BCUT2D eigenvalue weighted by Gasteiger charge is 2.21. The number of methoxy groups -OCH3 is 1. The summed E-state index contributed by atoms with van der Waals surface area (Å²) in [6.07, 6.45) is 0.338. The summed E-state index contributed by atoms with van der Waals surface area (Å²) in [5, 5.41) is 9.71. The third-order valence-corrected chi connectivity index (χ3v) is 4.19. The molecule has 27 heavy (non-hydrogen) atoms. The van der Waals surface area contributed by atoms with Crippen LogP contribution in [0.3, 0.4) is 0 Å². The summed E-state index contributed by atoms with van der Waals surface area (Å²) in [6.45, 7) is 0. The lowest BCUT2D eigenvalue weighted by atomic mass is 10.0. The SMILES string of the molecule is COC(=O)[C@@H](Cc1cccc(O)c1)N=C(c1ccccc1)c1ccccc1. The number of esters is 1. The Balaban J connectivity index is 2.04. The molecule has 0 bridgehead atoms. The van der Waals surface area contributed by atoms with Crippen molar-refractivity contribution in [3.63, 3.8) is 0 Å². The van der Waals surface area contributed by atoms with Crippen LogP contribution >= 0.6 is 0 Å². The van der Waals surface area contributed by atoms with E-state index < -0.39 is 12.0 Å². The van der Waals surface area contributed by atoms with Gasteiger partial charge < -0.3 is 9.84 Å². The van der Waals surface area contributed by atoms with E-state index in [9.17, 15) is 9.90 Å². The first-order valence-corrected chi connectivity index (χ1v) is 8.72. The second-order valence-electron chi connectivity index (χ2n) is 6.12. The van der Waals surface area contributed by atoms with Crippen LogP contribution in [-0.2, 0) is 16.0 Å². The van der Waals surface area contributed by atoms with Gasteiger partial charge in [-0.3, -0.25) is 4.99 Å². The Morgan fingerprint density at radius 3 is 2.04 bits per heavy atom. The molecule has 136 valence electrons. The zero-order valence-corrected chi connectivity index (χ0v) is 15.1. The summed E-state index contributed by atoms with van der Waals surface area (Å²) < 4.78 is 4.98. The topological polar surface area (TPSA) is 58.9 Å². The van der Waals surface area contributed by atoms with Gasteiger partial charge in [0.15, 0.2) is 6.04 Å². The molecule has 0 fully saturated rings. The molecule has 0 radical (unpaired) electrons. The molecule has 0 heterocycles. The molecule has 0 aromatic heterocycles. The summed E-state index contributed by atoms with van der Waals surface area (Å²) in [6, 6.07) is 25.6. The Morgan fingerprint density at radius 2 is 1.52 bits per heavy atom. The van der Waals surface area contributed by atoms with Crippen LogP contribution in [0, 0.1) is 0 Å². The zero-order valence-electron chi connectivity index (χ0n) is 15.1. The molecule has 0 spiro atoms. The van der Waals surface area contributed by atoms with E-state index in [1.54, 1.807) is 18.2 Å². The van der Waals surface area contributed by atoms with Gasteiger partial charge in [-0.05, 0) is 17.7 Å². The smallest absolute Gasteiger partial charge is 0.330 e. The van der Waals surface area contributed by atoms with Crippen molar-refractivity contribution in [3.05, 3.63) is 102 Å². The highest BCUT2D eigenvalue weighted by Crippen LogP contribution is 2.17. The highest BCUT2D eigenvalue weighted by molar-refractivity contribution is 6.13. The number of hydrogen-bond acceptors (Lipinski definition) is 4. The van der Waals surface area contributed by atoms with Crippen LogP contribution in [0.5, 0.6) is 5.75 Å². The second kappa shape index (κ2) is 8.81. The van der Waals surface area contributed by atoms with E-state index in [1.165, 1.54) is 7.11 Å². The molecule has 3 rings (SSSR count). The van der Waals surface area contributed by atoms with Gasteiger partial charge in [0.2, 0.25) is 0 Å². The van der Waals surface area contributed by atoms with Gasteiger partial charge in [-0.25, -0.2) is 4.79 Å². The molecule has 0 aliphatic rings. The van der Waals surface area contributed by atoms with Crippen LogP contribution in [0.1, 0.15) is 16.7 Å². The van der Waals surface area contributed by atoms with Gasteiger partial charge in [0, 0.05) is 17.5 Å². The van der Waals surface area contributed by atoms with Gasteiger partial charge in [0.1, 0.15) is 5.75 Å². The third kappa shape index (κ3) is 4.82. The van der Waals surface area contributed by atoms with Gasteiger partial charge in [0.05, 0.1) is 12.8 Å². The van der Waals surface area contributed by atoms with Crippen LogP contribution in [0.15, 0.2) is 89.9 Å². The van der Waals surface area contributed by atoms with Crippen molar-refractivity contribution in [3.8, 4) is 5.75 Å². The van der Waals surface area contributed by atoms with Crippen molar-refractivity contribution in [2.45, 2.75) is 12.5 Å². The lowest BCUT2D eigenvalue weighted by molar-refractivity contribution is -0.142. The Kier molecular flexibility index (Phi) is 6.00.